The van der Waals surface area contributed by atoms with Gasteiger partial charge in [0, 0.05) is 69.4 Å². The first-order valence-electron chi connectivity index (χ1n) is 24.1. The number of cyclic esters (lactones) is 1. The number of carbonyl (C=O) groups excluding carboxylic acids is 1. The molecule has 0 saturated carbocycles. The Morgan fingerprint density at radius 1 is 0.985 bits per heavy atom. The minimum Gasteiger partial charge on any atom is -0.459 e. The number of nitrogens with zero attached hydrogens (tertiary/aromatic N) is 6. The number of aliphatic hydroxyl groups excluding tert-OH is 3. The number of esters is 1. The van der Waals surface area contributed by atoms with E-state index < -0.39 is 107 Å². The molecule has 0 amide bonds. The van der Waals surface area contributed by atoms with E-state index in [0.29, 0.717) is 38.2 Å². The highest BCUT2D eigenvalue weighted by molar-refractivity contribution is 5.73. The minimum absolute atomic E-state index is 0.00792. The number of methoxy groups -OCH3 is 1. The van der Waals surface area contributed by atoms with Gasteiger partial charge in [0.05, 0.1) is 58.7 Å². The molecule has 20 nitrogen and oxygen atoms in total. The summed E-state index contributed by atoms with van der Waals surface area (Å²) in [7, 11) is 5.22. The molecule has 1 aromatic heterocycles. The Morgan fingerprint density at radius 3 is 2.26 bits per heavy atom. The Morgan fingerprint density at radius 2 is 1.65 bits per heavy atom. The van der Waals surface area contributed by atoms with Crippen LogP contribution in [0.2, 0.25) is 0 Å². The van der Waals surface area contributed by atoms with Crippen molar-refractivity contribution in [3.8, 4) is 0 Å². The molecule has 5 rings (SSSR count). The topological polar surface area (TPSA) is 254 Å². The summed E-state index contributed by atoms with van der Waals surface area (Å²) in [6.07, 6.45) is -6.92. The van der Waals surface area contributed by atoms with E-state index in [1.807, 2.05) is 43.9 Å². The lowest BCUT2D eigenvalue weighted by Gasteiger charge is -2.49. The van der Waals surface area contributed by atoms with E-state index in [-0.39, 0.29) is 37.0 Å². The van der Waals surface area contributed by atoms with Crippen LogP contribution in [0.5, 0.6) is 0 Å². The van der Waals surface area contributed by atoms with Gasteiger partial charge in [0.1, 0.15) is 30.0 Å². The minimum atomic E-state index is -1.84. The fourth-order valence-corrected chi connectivity index (χ4v) is 10.6. The van der Waals surface area contributed by atoms with Crippen molar-refractivity contribution in [2.75, 3.05) is 34.3 Å². The maximum absolute atomic E-state index is 14.4. The second-order valence-corrected chi connectivity index (χ2v) is 20.8. The van der Waals surface area contributed by atoms with Gasteiger partial charge >= 0.3 is 5.97 Å². The smallest absolute Gasteiger partial charge is 0.311 e. The predicted octanol–water partition coefficient (Wildman–Crippen LogP) is 3.06. The van der Waals surface area contributed by atoms with Crippen LogP contribution in [0.15, 0.2) is 30.5 Å². The SMILES string of the molecule is CC[C@H]1OC(=O)[C@H](C)[C@@H](O[C@H]2C[C@@](C)(OC)[C@@H](O)[C@H](C)O2)[C@H](C)[C@@H](O[C@@H]2O[C@H](C)C[C@H](N(C)CCc3cn(Cc4ccc([N+](=O)[O-])cc4)nn3)[C@H]2O)[C@](C)(O)C[C@@H](C)CN(C)[C@H](C)[C@@H](O)[C@]1(C)O. The number of nitro groups is 1. The van der Waals surface area contributed by atoms with Crippen LogP contribution in [0, 0.1) is 27.9 Å². The van der Waals surface area contributed by atoms with E-state index in [9.17, 15) is 40.4 Å². The molecule has 68 heavy (non-hydrogen) atoms. The second-order valence-electron chi connectivity index (χ2n) is 20.8. The molecule has 1 aromatic carbocycles. The van der Waals surface area contributed by atoms with Crippen molar-refractivity contribution < 1.29 is 63.7 Å². The highest BCUT2D eigenvalue weighted by atomic mass is 16.7. The number of aromatic nitrogens is 3. The number of rotatable bonds is 13. The molecule has 0 spiro atoms. The lowest BCUT2D eigenvalue weighted by molar-refractivity contribution is -0.384. The molecule has 3 aliphatic rings. The molecule has 18 atom stereocenters. The summed E-state index contributed by atoms with van der Waals surface area (Å²) in [6.45, 7) is 18.7. The van der Waals surface area contributed by atoms with E-state index in [2.05, 4.69) is 10.3 Å². The molecule has 3 fully saturated rings. The van der Waals surface area contributed by atoms with E-state index in [1.165, 1.54) is 26.2 Å². The van der Waals surface area contributed by atoms with E-state index in [4.69, 9.17) is 28.4 Å². The number of aliphatic hydroxyl groups is 5. The van der Waals surface area contributed by atoms with Crippen molar-refractivity contribution in [2.24, 2.45) is 17.8 Å². The number of hydrogen-bond donors (Lipinski definition) is 5. The van der Waals surface area contributed by atoms with Crippen LogP contribution in [0.1, 0.15) is 106 Å². The Bertz CT molecular complexity index is 1940. The van der Waals surface area contributed by atoms with E-state index >= 15 is 0 Å². The van der Waals surface area contributed by atoms with Gasteiger partial charge in [-0.05, 0) is 93.3 Å². The summed E-state index contributed by atoms with van der Waals surface area (Å²) in [6, 6.07) is 5.24. The summed E-state index contributed by atoms with van der Waals surface area (Å²) in [5.74, 6) is -2.83. The van der Waals surface area contributed by atoms with Crippen molar-refractivity contribution in [3.05, 3.63) is 51.8 Å². The quantitative estimate of drug-likeness (QED) is 0.110. The Kier molecular flexibility index (Phi) is 18.7. The Balaban J connectivity index is 1.44. The summed E-state index contributed by atoms with van der Waals surface area (Å²) >= 11 is 0. The lowest BCUT2D eigenvalue weighted by atomic mass is 9.77. The molecule has 3 saturated heterocycles. The van der Waals surface area contributed by atoms with Crippen LogP contribution < -0.4 is 0 Å². The normalized spacial score (nSPS) is 40.6. The number of nitro benzene ring substituents is 1. The average Bonchev–Trinajstić information content (AvgIpc) is 3.73. The Labute approximate surface area is 401 Å². The molecule has 0 aliphatic carbocycles. The molecule has 0 unspecified atom stereocenters. The van der Waals surface area contributed by atoms with Crippen molar-refractivity contribution in [3.63, 3.8) is 0 Å². The molecule has 0 bridgehead atoms. The van der Waals surface area contributed by atoms with Gasteiger partial charge in [-0.3, -0.25) is 14.9 Å². The number of non-ortho nitro benzene ring substituents is 1. The fourth-order valence-electron chi connectivity index (χ4n) is 10.6. The first kappa shape index (κ1) is 55.7. The van der Waals surface area contributed by atoms with Crippen LogP contribution in [-0.2, 0) is 46.2 Å². The van der Waals surface area contributed by atoms with Gasteiger partial charge in [-0.1, -0.05) is 38.1 Å². The lowest BCUT2D eigenvalue weighted by Crippen LogP contribution is -2.61. The van der Waals surface area contributed by atoms with Gasteiger partial charge in [-0.25, -0.2) is 4.68 Å². The van der Waals surface area contributed by atoms with Crippen LogP contribution in [0.4, 0.5) is 5.69 Å². The first-order chi connectivity index (χ1) is 31.7. The van der Waals surface area contributed by atoms with Gasteiger partial charge in [-0.15, -0.1) is 5.10 Å². The van der Waals surface area contributed by atoms with Crippen molar-refractivity contribution >= 4 is 11.7 Å². The fraction of sp³-hybridized carbons (Fsp3) is 0.812. The summed E-state index contributed by atoms with van der Waals surface area (Å²) < 4.78 is 39.8. The molecular weight excluding hydrogens is 885 g/mol. The third-order valence-electron chi connectivity index (χ3n) is 14.9. The highest BCUT2D eigenvalue weighted by Crippen LogP contribution is 2.40. The summed E-state index contributed by atoms with van der Waals surface area (Å²) in [5, 5.41) is 79.2. The zero-order valence-corrected chi connectivity index (χ0v) is 42.3. The second kappa shape index (κ2) is 22.9. The van der Waals surface area contributed by atoms with E-state index in [1.54, 1.807) is 65.3 Å². The molecule has 5 N–H and O–H groups in total. The highest BCUT2D eigenvalue weighted by Gasteiger charge is 2.53. The molecular formula is C48H80N6O14. The standard InChI is InChI=1S/C48H80N6O14/c1-14-37-48(10,60)41(56)31(6)52(12)24-27(2)22-46(8,59)43(29(4)40(30(5)44(58)66-37)67-38-23-47(9,63-13)42(57)32(7)65-38)68-45-39(55)36(21-28(3)64-45)51(11)20-19-34-26-53(50-49-34)25-33-15-17-35(18-16-33)54(61)62/h15-18,26-32,36-43,45,55-57,59-60H,14,19-25H2,1-13H3/t27-,28-,29+,30-,31-,32+,36+,37-,38+,39-,40+,41-,42+,43-,45+,46-,47-,48-/m1/s1. The maximum Gasteiger partial charge on any atom is 0.311 e. The van der Waals surface area contributed by atoms with E-state index in [0.717, 1.165) is 5.56 Å². The van der Waals surface area contributed by atoms with Crippen LogP contribution in [0.3, 0.4) is 0 Å². The molecule has 2 aromatic rings. The largest absolute Gasteiger partial charge is 0.459 e. The van der Waals surface area contributed by atoms with Gasteiger partial charge in [0.2, 0.25) is 0 Å². The van der Waals surface area contributed by atoms with Crippen LogP contribution in [-0.4, -0.2) is 186 Å². The number of benzene rings is 1. The van der Waals surface area contributed by atoms with Crippen molar-refractivity contribution in [1.82, 2.24) is 24.8 Å². The maximum atomic E-state index is 14.4. The van der Waals surface area contributed by atoms with Gasteiger partial charge in [0.25, 0.3) is 5.69 Å². The van der Waals surface area contributed by atoms with Crippen LogP contribution in [0.25, 0.3) is 0 Å². The van der Waals surface area contributed by atoms with Crippen molar-refractivity contribution in [2.45, 2.75) is 198 Å². The number of ether oxygens (including phenoxy) is 6. The molecule has 4 heterocycles. The number of hydrogen-bond acceptors (Lipinski definition) is 18. The molecule has 386 valence electrons. The molecule has 0 radical (unpaired) electrons. The van der Waals surface area contributed by atoms with Gasteiger partial charge in [0.15, 0.2) is 12.6 Å². The predicted molar refractivity (Wildman–Crippen MR) is 249 cm³/mol. The number of likely N-dealkylation sites (N-methyl/N-ethyl adjacent to an activating group) is 2. The zero-order chi connectivity index (χ0) is 50.6. The average molecular weight is 965 g/mol. The summed E-state index contributed by atoms with van der Waals surface area (Å²) in [4.78, 5) is 29.0. The van der Waals surface area contributed by atoms with Crippen molar-refractivity contribution in [1.29, 1.82) is 0 Å². The summed E-state index contributed by atoms with van der Waals surface area (Å²) in [5.41, 5.74) is -3.00. The zero-order valence-electron chi connectivity index (χ0n) is 42.3. The monoisotopic (exact) mass is 965 g/mol. The number of carbonyl (C=O) groups is 1. The first-order valence-corrected chi connectivity index (χ1v) is 24.1. The molecule has 3 aliphatic heterocycles. The Hall–Kier alpha value is -3.25. The van der Waals surface area contributed by atoms with Crippen LogP contribution >= 0.6 is 0 Å². The molecule has 20 heteroatoms. The van der Waals surface area contributed by atoms with Gasteiger partial charge in [-0.2, -0.15) is 0 Å². The third kappa shape index (κ3) is 13.0. The third-order valence-corrected chi connectivity index (χ3v) is 14.9. The van der Waals surface area contributed by atoms with Gasteiger partial charge < -0.3 is 63.8 Å².